The second-order valence-corrected chi connectivity index (χ2v) is 8.42. The van der Waals surface area contributed by atoms with Crippen LogP contribution in [0.2, 0.25) is 0 Å². The van der Waals surface area contributed by atoms with E-state index in [4.69, 9.17) is 0 Å². The Bertz CT molecular complexity index is 590. The van der Waals surface area contributed by atoms with Crippen LogP contribution >= 0.6 is 0 Å². The van der Waals surface area contributed by atoms with Crippen molar-refractivity contribution < 1.29 is 5.21 Å². The molecule has 3 heteroatoms. The molecular weight excluding hydrogens is 274 g/mol. The Kier molecular flexibility index (Phi) is 3.97. The molecule has 2 nitrogen and oxygen atoms in total. The van der Waals surface area contributed by atoms with Crippen molar-refractivity contribution in [3.8, 4) is 0 Å². The molecule has 0 spiro atoms. The first-order valence-corrected chi connectivity index (χ1v) is 8.96. The molecule has 104 valence electrons. The lowest BCUT2D eigenvalue weighted by atomic mass is 10.3. The Balaban J connectivity index is 2.29. The molecule has 3 aromatic rings. The molecule has 0 aromatic heterocycles. The summed E-state index contributed by atoms with van der Waals surface area (Å²) in [6, 6.07) is 30.5. The summed E-state index contributed by atoms with van der Waals surface area (Å²) in [5, 5.41) is 16.2. The predicted octanol–water partition coefficient (Wildman–Crippen LogP) is 1.63. The third-order valence-electron chi connectivity index (χ3n) is 3.79. The third-order valence-corrected chi connectivity index (χ3v) is 7.72. The summed E-state index contributed by atoms with van der Waals surface area (Å²) in [5.74, 6) is 0. The Morgan fingerprint density at radius 3 is 1.05 bits per heavy atom. The standard InChI is InChI=1S/C18H17NOSi/c20-19-21(16-10-4-1-5-11-16,17-12-6-2-7-13-17)18-14-8-3-9-15-18/h1-15,19-20H. The molecule has 0 aliphatic heterocycles. The van der Waals surface area contributed by atoms with E-state index in [2.05, 4.69) is 41.5 Å². The van der Waals surface area contributed by atoms with Gasteiger partial charge in [0.05, 0.1) is 0 Å². The maximum atomic E-state index is 10.1. The van der Waals surface area contributed by atoms with Gasteiger partial charge >= 0.3 is 0 Å². The Labute approximate surface area is 125 Å². The lowest BCUT2D eigenvalue weighted by Crippen LogP contribution is -2.75. The van der Waals surface area contributed by atoms with E-state index < -0.39 is 8.24 Å². The van der Waals surface area contributed by atoms with Gasteiger partial charge in [-0.15, -0.1) is 0 Å². The van der Waals surface area contributed by atoms with Crippen molar-refractivity contribution in [3.05, 3.63) is 91.0 Å². The molecule has 0 amide bonds. The van der Waals surface area contributed by atoms with Gasteiger partial charge in [0.2, 0.25) is 8.24 Å². The zero-order valence-corrected chi connectivity index (χ0v) is 12.6. The average Bonchev–Trinajstić information content (AvgIpc) is 2.59. The summed E-state index contributed by atoms with van der Waals surface area (Å²) in [4.78, 5) is 0. The molecule has 3 rings (SSSR count). The molecule has 0 saturated carbocycles. The van der Waals surface area contributed by atoms with Gasteiger partial charge in [0, 0.05) is 0 Å². The minimum Gasteiger partial charge on any atom is -0.323 e. The van der Waals surface area contributed by atoms with Crippen LogP contribution in [-0.2, 0) is 0 Å². The largest absolute Gasteiger partial charge is 0.323 e. The fourth-order valence-corrected chi connectivity index (χ4v) is 6.22. The molecule has 0 saturated heterocycles. The monoisotopic (exact) mass is 291 g/mol. The zero-order chi connectivity index (χ0) is 14.5. The van der Waals surface area contributed by atoms with E-state index in [1.54, 1.807) is 0 Å². The maximum Gasteiger partial charge on any atom is 0.247 e. The van der Waals surface area contributed by atoms with Crippen LogP contribution in [0.3, 0.4) is 0 Å². The molecule has 3 aromatic carbocycles. The molecule has 0 fully saturated rings. The SMILES string of the molecule is ON[Si](c1ccccc1)(c1ccccc1)c1ccccc1. The minimum atomic E-state index is -2.59. The molecule has 0 radical (unpaired) electrons. The molecule has 0 aliphatic rings. The van der Waals surface area contributed by atoms with Gasteiger partial charge < -0.3 is 5.21 Å². The first kappa shape index (κ1) is 13.8. The number of rotatable bonds is 4. The van der Waals surface area contributed by atoms with E-state index in [1.807, 2.05) is 54.6 Å². The Morgan fingerprint density at radius 2 is 0.810 bits per heavy atom. The highest BCUT2D eigenvalue weighted by molar-refractivity contribution is 7.09. The number of nitrogens with one attached hydrogen (secondary N) is 1. The Morgan fingerprint density at radius 1 is 0.524 bits per heavy atom. The lowest BCUT2D eigenvalue weighted by Gasteiger charge is -2.31. The van der Waals surface area contributed by atoms with E-state index in [0.29, 0.717) is 0 Å². The van der Waals surface area contributed by atoms with Crippen LogP contribution in [0.25, 0.3) is 0 Å². The van der Waals surface area contributed by atoms with Gasteiger partial charge in [0.15, 0.2) is 0 Å². The van der Waals surface area contributed by atoms with Crippen molar-refractivity contribution in [2.75, 3.05) is 0 Å². The molecule has 0 unspecified atom stereocenters. The van der Waals surface area contributed by atoms with Crippen LogP contribution in [0, 0.1) is 0 Å². The van der Waals surface area contributed by atoms with Crippen molar-refractivity contribution in [1.29, 1.82) is 0 Å². The number of benzene rings is 3. The average molecular weight is 291 g/mol. The molecule has 0 atom stereocenters. The first-order chi connectivity index (χ1) is 10.4. The molecule has 0 bridgehead atoms. The highest BCUT2D eigenvalue weighted by atomic mass is 28.3. The second-order valence-electron chi connectivity index (χ2n) is 4.96. The van der Waals surface area contributed by atoms with Crippen molar-refractivity contribution in [2.45, 2.75) is 0 Å². The topological polar surface area (TPSA) is 32.3 Å². The van der Waals surface area contributed by atoms with Crippen LogP contribution in [-0.4, -0.2) is 13.4 Å². The van der Waals surface area contributed by atoms with Gasteiger partial charge in [-0.3, -0.25) is 0 Å². The molecular formula is C18H17NOSi. The van der Waals surface area contributed by atoms with Crippen LogP contribution in [0.4, 0.5) is 0 Å². The van der Waals surface area contributed by atoms with Crippen LogP contribution < -0.4 is 20.7 Å². The van der Waals surface area contributed by atoms with Crippen molar-refractivity contribution in [3.63, 3.8) is 0 Å². The van der Waals surface area contributed by atoms with Crippen LogP contribution in [0.1, 0.15) is 0 Å². The summed E-state index contributed by atoms with van der Waals surface area (Å²) < 4.78 is 0. The van der Waals surface area contributed by atoms with Gasteiger partial charge in [-0.25, -0.2) is 5.15 Å². The summed E-state index contributed by atoms with van der Waals surface area (Å²) in [5.41, 5.74) is 0. The summed E-state index contributed by atoms with van der Waals surface area (Å²) in [6.45, 7) is 0. The van der Waals surface area contributed by atoms with E-state index in [-0.39, 0.29) is 0 Å². The van der Waals surface area contributed by atoms with E-state index in [1.165, 1.54) is 0 Å². The molecule has 21 heavy (non-hydrogen) atoms. The second kappa shape index (κ2) is 6.05. The van der Waals surface area contributed by atoms with E-state index >= 15 is 0 Å². The van der Waals surface area contributed by atoms with Crippen molar-refractivity contribution in [2.24, 2.45) is 0 Å². The summed E-state index contributed by atoms with van der Waals surface area (Å²) >= 11 is 0. The normalized spacial score (nSPS) is 11.3. The highest BCUT2D eigenvalue weighted by Gasteiger charge is 2.39. The summed E-state index contributed by atoms with van der Waals surface area (Å²) in [6.07, 6.45) is 0. The van der Waals surface area contributed by atoms with Crippen molar-refractivity contribution in [1.82, 2.24) is 5.15 Å². The van der Waals surface area contributed by atoms with Crippen LogP contribution in [0.5, 0.6) is 0 Å². The highest BCUT2D eigenvalue weighted by Crippen LogP contribution is 2.04. The minimum absolute atomic E-state index is 1.13. The van der Waals surface area contributed by atoms with E-state index in [0.717, 1.165) is 15.6 Å². The first-order valence-electron chi connectivity index (χ1n) is 6.96. The van der Waals surface area contributed by atoms with Gasteiger partial charge in [-0.05, 0) is 15.6 Å². The smallest absolute Gasteiger partial charge is 0.247 e. The number of hydrogen-bond donors (Lipinski definition) is 2. The third kappa shape index (κ3) is 2.42. The van der Waals surface area contributed by atoms with Crippen molar-refractivity contribution >= 4 is 23.8 Å². The molecule has 0 aliphatic carbocycles. The van der Waals surface area contributed by atoms with Gasteiger partial charge in [-0.2, -0.15) is 0 Å². The summed E-state index contributed by atoms with van der Waals surface area (Å²) in [7, 11) is -2.59. The Hall–Kier alpha value is -2.20. The van der Waals surface area contributed by atoms with Gasteiger partial charge in [-0.1, -0.05) is 91.0 Å². The van der Waals surface area contributed by atoms with Crippen LogP contribution in [0.15, 0.2) is 91.0 Å². The van der Waals surface area contributed by atoms with Gasteiger partial charge in [0.1, 0.15) is 0 Å². The molecule has 0 heterocycles. The lowest BCUT2D eigenvalue weighted by molar-refractivity contribution is 0.241. The maximum absolute atomic E-state index is 10.1. The quantitative estimate of drug-likeness (QED) is 0.435. The van der Waals surface area contributed by atoms with E-state index in [9.17, 15) is 5.21 Å². The fraction of sp³-hybridized carbons (Fsp3) is 0. The number of hydrogen-bond acceptors (Lipinski definition) is 2. The van der Waals surface area contributed by atoms with Gasteiger partial charge in [0.25, 0.3) is 0 Å². The molecule has 2 N–H and O–H groups in total. The fourth-order valence-electron chi connectivity index (χ4n) is 2.76. The predicted molar refractivity (Wildman–Crippen MR) is 88.9 cm³/mol. The zero-order valence-electron chi connectivity index (χ0n) is 11.6.